The Morgan fingerprint density at radius 2 is 2.29 bits per heavy atom. The van der Waals surface area contributed by atoms with Crippen molar-refractivity contribution in [2.45, 2.75) is 6.04 Å². The number of rotatable bonds is 2. The van der Waals surface area contributed by atoms with E-state index in [9.17, 15) is 9.18 Å². The largest absolute Gasteiger partial charge is 0.236 e. The van der Waals surface area contributed by atoms with E-state index >= 15 is 0 Å². The molecule has 1 unspecified atom stereocenters. The first-order chi connectivity index (χ1) is 6.69. The van der Waals surface area contributed by atoms with E-state index in [1.807, 2.05) is 0 Å². The van der Waals surface area contributed by atoms with Crippen LogP contribution in [0.5, 0.6) is 0 Å². The zero-order valence-electron chi connectivity index (χ0n) is 6.87. The molecule has 1 rings (SSSR count). The highest BCUT2D eigenvalue weighted by Crippen LogP contribution is 2.25. The van der Waals surface area contributed by atoms with Crippen molar-refractivity contribution in [1.29, 1.82) is 5.26 Å². The summed E-state index contributed by atoms with van der Waals surface area (Å²) in [5.41, 5.74) is 0.442. The Morgan fingerprint density at radius 3 is 2.79 bits per heavy atom. The molecule has 0 aromatic heterocycles. The second-order valence-electron chi connectivity index (χ2n) is 2.42. The van der Waals surface area contributed by atoms with Crippen molar-refractivity contribution in [3.63, 3.8) is 0 Å². The Morgan fingerprint density at radius 1 is 1.57 bits per heavy atom. The molecule has 0 saturated carbocycles. The first kappa shape index (κ1) is 10.6. The molecule has 0 aliphatic heterocycles. The molecule has 0 fully saturated rings. The average Bonchev–Trinajstić information content (AvgIpc) is 2.15. The van der Waals surface area contributed by atoms with Crippen LogP contribution in [0.15, 0.2) is 27.7 Å². The zero-order valence-corrected chi connectivity index (χ0v) is 8.45. The molecule has 5 heteroatoms. The van der Waals surface area contributed by atoms with Gasteiger partial charge in [0.1, 0.15) is 5.82 Å². The van der Waals surface area contributed by atoms with Crippen molar-refractivity contribution in [2.24, 2.45) is 4.99 Å². The normalized spacial score (nSPS) is 11.2. The molecular weight excluding hydrogens is 251 g/mol. The van der Waals surface area contributed by atoms with Crippen LogP contribution in [0.3, 0.4) is 0 Å². The summed E-state index contributed by atoms with van der Waals surface area (Å²) in [7, 11) is 0. The van der Waals surface area contributed by atoms with Gasteiger partial charge in [0.05, 0.1) is 6.07 Å². The highest BCUT2D eigenvalue weighted by Gasteiger charge is 2.12. The molecule has 0 radical (unpaired) electrons. The Hall–Kier alpha value is -1.50. The van der Waals surface area contributed by atoms with Crippen LogP contribution in [-0.4, -0.2) is 6.08 Å². The summed E-state index contributed by atoms with van der Waals surface area (Å²) in [6, 6.07) is 4.66. The van der Waals surface area contributed by atoms with Crippen molar-refractivity contribution in [1.82, 2.24) is 0 Å². The van der Waals surface area contributed by atoms with E-state index in [1.165, 1.54) is 24.3 Å². The van der Waals surface area contributed by atoms with E-state index in [0.29, 0.717) is 10.0 Å². The van der Waals surface area contributed by atoms with Crippen LogP contribution < -0.4 is 0 Å². The number of hydrogen-bond acceptors (Lipinski definition) is 3. The van der Waals surface area contributed by atoms with Crippen molar-refractivity contribution in [3.05, 3.63) is 34.1 Å². The second kappa shape index (κ2) is 4.66. The minimum absolute atomic E-state index is 0.406. The minimum Gasteiger partial charge on any atom is -0.211 e. The van der Waals surface area contributed by atoms with Gasteiger partial charge in [-0.25, -0.2) is 9.18 Å². The molecular formula is C9H4BrFN2O. The molecule has 3 nitrogen and oxygen atoms in total. The van der Waals surface area contributed by atoms with Gasteiger partial charge in [0.25, 0.3) is 0 Å². The van der Waals surface area contributed by atoms with Crippen molar-refractivity contribution < 1.29 is 9.18 Å². The molecule has 0 aliphatic carbocycles. The van der Waals surface area contributed by atoms with Crippen molar-refractivity contribution >= 4 is 22.0 Å². The minimum atomic E-state index is -0.942. The van der Waals surface area contributed by atoms with E-state index in [4.69, 9.17) is 5.26 Å². The lowest BCUT2D eigenvalue weighted by Gasteiger charge is -2.04. The standard InChI is InChI=1S/C9H4BrFN2O/c10-8-3-6(11)1-2-7(8)9(4-12)13-5-14/h1-3,9H. The SMILES string of the molecule is N#CC(N=C=O)c1ccc(F)cc1Br. The molecule has 0 bridgehead atoms. The third kappa shape index (κ3) is 2.25. The molecule has 0 N–H and O–H groups in total. The van der Waals surface area contributed by atoms with Crippen LogP contribution in [-0.2, 0) is 4.79 Å². The third-order valence-electron chi connectivity index (χ3n) is 1.56. The monoisotopic (exact) mass is 254 g/mol. The lowest BCUT2D eigenvalue weighted by atomic mass is 10.1. The summed E-state index contributed by atoms with van der Waals surface area (Å²) < 4.78 is 13.1. The Bertz CT molecular complexity index is 435. The Balaban J connectivity index is 3.18. The molecule has 0 saturated heterocycles. The Kier molecular flexibility index (Phi) is 3.52. The smallest absolute Gasteiger partial charge is 0.211 e. The van der Waals surface area contributed by atoms with Crippen LogP contribution >= 0.6 is 15.9 Å². The highest BCUT2D eigenvalue weighted by molar-refractivity contribution is 9.10. The number of nitriles is 1. The maximum Gasteiger partial charge on any atom is 0.236 e. The first-order valence-electron chi connectivity index (χ1n) is 3.60. The van der Waals surface area contributed by atoms with Crippen LogP contribution in [0, 0.1) is 17.1 Å². The molecule has 1 aromatic carbocycles. The van der Waals surface area contributed by atoms with Gasteiger partial charge in [-0.05, 0) is 12.1 Å². The predicted molar refractivity (Wildman–Crippen MR) is 50.6 cm³/mol. The summed E-state index contributed by atoms with van der Waals surface area (Å²) in [5.74, 6) is -0.424. The Labute approximate surface area is 88.0 Å². The fourth-order valence-corrected chi connectivity index (χ4v) is 1.51. The van der Waals surface area contributed by atoms with E-state index in [-0.39, 0.29) is 0 Å². The van der Waals surface area contributed by atoms with Crippen LogP contribution in [0.2, 0.25) is 0 Å². The van der Waals surface area contributed by atoms with E-state index < -0.39 is 11.9 Å². The summed E-state index contributed by atoms with van der Waals surface area (Å²) in [6.07, 6.45) is 1.30. The lowest BCUT2D eigenvalue weighted by molar-refractivity contribution is 0.561. The maximum atomic E-state index is 12.7. The van der Waals surface area contributed by atoms with Crippen molar-refractivity contribution in [3.8, 4) is 6.07 Å². The number of hydrogen-bond donors (Lipinski definition) is 0. The van der Waals surface area contributed by atoms with Gasteiger partial charge in [0, 0.05) is 10.0 Å². The molecule has 70 valence electrons. The van der Waals surface area contributed by atoms with Crippen LogP contribution in [0.4, 0.5) is 4.39 Å². The molecule has 0 heterocycles. The van der Waals surface area contributed by atoms with E-state index in [0.717, 1.165) is 0 Å². The molecule has 14 heavy (non-hydrogen) atoms. The maximum absolute atomic E-state index is 12.7. The highest BCUT2D eigenvalue weighted by atomic mass is 79.9. The fraction of sp³-hybridized carbons (Fsp3) is 0.111. The van der Waals surface area contributed by atoms with E-state index in [2.05, 4.69) is 20.9 Å². The second-order valence-corrected chi connectivity index (χ2v) is 3.27. The zero-order chi connectivity index (χ0) is 10.6. The van der Waals surface area contributed by atoms with E-state index in [1.54, 1.807) is 6.07 Å². The van der Waals surface area contributed by atoms with Gasteiger partial charge >= 0.3 is 0 Å². The van der Waals surface area contributed by atoms with Crippen molar-refractivity contribution in [2.75, 3.05) is 0 Å². The van der Waals surface area contributed by atoms with Crippen LogP contribution in [0.1, 0.15) is 11.6 Å². The van der Waals surface area contributed by atoms with Gasteiger partial charge in [-0.15, -0.1) is 0 Å². The van der Waals surface area contributed by atoms with Gasteiger partial charge in [0.15, 0.2) is 6.04 Å². The van der Waals surface area contributed by atoms with Gasteiger partial charge < -0.3 is 0 Å². The number of isocyanates is 1. The average molecular weight is 255 g/mol. The molecule has 1 aromatic rings. The number of halogens is 2. The number of aliphatic imine (C=N–C) groups is 1. The summed E-state index contributed by atoms with van der Waals surface area (Å²) in [6.45, 7) is 0. The fourth-order valence-electron chi connectivity index (χ4n) is 0.944. The summed E-state index contributed by atoms with van der Waals surface area (Å²) >= 11 is 3.08. The first-order valence-corrected chi connectivity index (χ1v) is 4.40. The van der Waals surface area contributed by atoms with Gasteiger partial charge in [-0.3, -0.25) is 0 Å². The van der Waals surface area contributed by atoms with Crippen LogP contribution in [0.25, 0.3) is 0 Å². The summed E-state index contributed by atoms with van der Waals surface area (Å²) in [4.78, 5) is 13.3. The van der Waals surface area contributed by atoms with Gasteiger partial charge in [-0.1, -0.05) is 22.0 Å². The van der Waals surface area contributed by atoms with Gasteiger partial charge in [-0.2, -0.15) is 10.3 Å². The van der Waals surface area contributed by atoms with Gasteiger partial charge in [0.2, 0.25) is 6.08 Å². The number of nitrogens with zero attached hydrogens (tertiary/aromatic N) is 2. The predicted octanol–water partition coefficient (Wildman–Crippen LogP) is 2.49. The molecule has 0 spiro atoms. The topological polar surface area (TPSA) is 53.2 Å². The summed E-state index contributed by atoms with van der Waals surface area (Å²) in [5, 5.41) is 8.67. The molecule has 0 aliphatic rings. The lowest BCUT2D eigenvalue weighted by Crippen LogP contribution is -1.93. The quantitative estimate of drug-likeness (QED) is 0.602. The molecule has 0 amide bonds. The number of carbonyl (C=O) groups excluding carboxylic acids is 1. The third-order valence-corrected chi connectivity index (χ3v) is 2.25. The molecule has 1 atom stereocenters. The number of benzene rings is 1.